The molecule has 2 rings (SSSR count). The van der Waals surface area contributed by atoms with Gasteiger partial charge in [0, 0.05) is 11.9 Å². The molecule has 1 heterocycles. The van der Waals surface area contributed by atoms with E-state index in [0.29, 0.717) is 0 Å². The van der Waals surface area contributed by atoms with E-state index in [1.165, 1.54) is 12.1 Å². The molecule has 4 N–H and O–H groups in total. The Morgan fingerprint density at radius 2 is 1.85 bits per heavy atom. The summed E-state index contributed by atoms with van der Waals surface area (Å²) < 4.78 is 61.1. The van der Waals surface area contributed by atoms with E-state index in [9.17, 15) is 21.6 Å². The maximum atomic E-state index is 12.5. The second-order valence-corrected chi connectivity index (χ2v) is 5.45. The number of aromatic nitrogens is 2. The van der Waals surface area contributed by atoms with Gasteiger partial charge < -0.3 is 5.73 Å². The van der Waals surface area contributed by atoms with Gasteiger partial charge in [-0.2, -0.15) is 18.3 Å². The van der Waals surface area contributed by atoms with Crippen molar-refractivity contribution < 1.29 is 21.6 Å². The lowest BCUT2D eigenvalue weighted by molar-refractivity contribution is -0.141. The molecule has 108 valence electrons. The van der Waals surface area contributed by atoms with Gasteiger partial charge in [-0.3, -0.25) is 0 Å². The second kappa shape index (κ2) is 4.49. The molecular formula is C10H9F3N4O2S. The van der Waals surface area contributed by atoms with Crippen molar-refractivity contribution in [2.24, 2.45) is 5.14 Å². The minimum atomic E-state index is -4.62. The first-order valence-electron chi connectivity index (χ1n) is 5.14. The Morgan fingerprint density at radius 1 is 1.20 bits per heavy atom. The molecule has 2 aromatic rings. The number of sulfonamides is 1. The zero-order chi connectivity index (χ0) is 15.1. The van der Waals surface area contributed by atoms with Gasteiger partial charge in [0.05, 0.1) is 5.69 Å². The number of nitrogens with two attached hydrogens (primary N) is 2. The molecule has 0 fully saturated rings. The summed E-state index contributed by atoms with van der Waals surface area (Å²) in [4.78, 5) is -0.408. The molecule has 0 aliphatic carbocycles. The van der Waals surface area contributed by atoms with E-state index in [0.717, 1.165) is 23.0 Å². The second-order valence-electron chi connectivity index (χ2n) is 3.92. The predicted octanol–water partition coefficient (Wildman–Crippen LogP) is 1.12. The van der Waals surface area contributed by atoms with Crippen molar-refractivity contribution in [2.75, 3.05) is 5.73 Å². The Hall–Kier alpha value is -2.07. The van der Waals surface area contributed by atoms with Crippen LogP contribution in [-0.4, -0.2) is 18.2 Å². The molecule has 20 heavy (non-hydrogen) atoms. The van der Waals surface area contributed by atoms with Crippen LogP contribution in [0.15, 0.2) is 35.4 Å². The minimum Gasteiger partial charge on any atom is -0.399 e. The first-order chi connectivity index (χ1) is 9.09. The number of nitrogen functional groups attached to an aromatic ring is 1. The third-order valence-corrected chi connectivity index (χ3v) is 3.36. The minimum absolute atomic E-state index is 0.112. The number of hydrogen-bond acceptors (Lipinski definition) is 4. The van der Waals surface area contributed by atoms with E-state index in [4.69, 9.17) is 10.9 Å². The number of primary sulfonamides is 1. The summed E-state index contributed by atoms with van der Waals surface area (Å²) >= 11 is 0. The molecule has 6 nitrogen and oxygen atoms in total. The van der Waals surface area contributed by atoms with E-state index in [1.54, 1.807) is 0 Å². The Morgan fingerprint density at radius 3 is 2.35 bits per heavy atom. The normalized spacial score (nSPS) is 12.6. The van der Waals surface area contributed by atoms with Gasteiger partial charge in [0.1, 0.15) is 4.90 Å². The first kappa shape index (κ1) is 14.3. The van der Waals surface area contributed by atoms with Crippen LogP contribution in [-0.2, 0) is 16.2 Å². The highest BCUT2D eigenvalue weighted by Gasteiger charge is 2.34. The number of halogens is 3. The van der Waals surface area contributed by atoms with Crippen LogP contribution in [0.5, 0.6) is 0 Å². The van der Waals surface area contributed by atoms with E-state index >= 15 is 0 Å². The molecule has 0 spiro atoms. The highest BCUT2D eigenvalue weighted by atomic mass is 32.2. The van der Waals surface area contributed by atoms with Gasteiger partial charge in [0.25, 0.3) is 0 Å². The van der Waals surface area contributed by atoms with E-state index < -0.39 is 26.8 Å². The third-order valence-electron chi connectivity index (χ3n) is 2.42. The van der Waals surface area contributed by atoms with Crippen molar-refractivity contribution >= 4 is 15.7 Å². The highest BCUT2D eigenvalue weighted by Crippen LogP contribution is 2.29. The van der Waals surface area contributed by atoms with Crippen LogP contribution < -0.4 is 10.9 Å². The Balaban J connectivity index is 2.62. The summed E-state index contributed by atoms with van der Waals surface area (Å²) in [6.07, 6.45) is -3.64. The largest absolute Gasteiger partial charge is 0.435 e. The lowest BCUT2D eigenvalue weighted by atomic mass is 10.3. The summed E-state index contributed by atoms with van der Waals surface area (Å²) in [5.41, 5.74) is 4.30. The average Bonchev–Trinajstić information content (AvgIpc) is 2.76. The third kappa shape index (κ3) is 2.75. The number of rotatable bonds is 2. The molecule has 0 saturated heterocycles. The number of anilines is 1. The molecule has 0 atom stereocenters. The number of hydrogen-bond donors (Lipinski definition) is 2. The van der Waals surface area contributed by atoms with Gasteiger partial charge in [0.2, 0.25) is 10.0 Å². The Kier molecular flexibility index (Phi) is 3.22. The molecule has 0 aliphatic heterocycles. The van der Waals surface area contributed by atoms with Crippen molar-refractivity contribution in [1.82, 2.24) is 9.78 Å². The molecule has 0 saturated carbocycles. The lowest BCUT2D eigenvalue weighted by Crippen LogP contribution is -2.16. The van der Waals surface area contributed by atoms with Gasteiger partial charge in [-0.05, 0) is 24.3 Å². The summed E-state index contributed by atoms with van der Waals surface area (Å²) in [7, 11) is -4.15. The molecule has 0 bridgehead atoms. The van der Waals surface area contributed by atoms with Crippen LogP contribution in [0.3, 0.4) is 0 Å². The van der Waals surface area contributed by atoms with Gasteiger partial charge in [-0.1, -0.05) is 0 Å². The van der Waals surface area contributed by atoms with Gasteiger partial charge in [-0.15, -0.1) is 0 Å². The van der Waals surface area contributed by atoms with E-state index in [2.05, 4.69) is 5.10 Å². The quantitative estimate of drug-likeness (QED) is 0.811. The molecule has 0 amide bonds. The fourth-order valence-corrected chi connectivity index (χ4v) is 2.31. The van der Waals surface area contributed by atoms with Crippen molar-refractivity contribution in [3.05, 3.63) is 36.2 Å². The van der Waals surface area contributed by atoms with E-state index in [-0.39, 0.29) is 11.4 Å². The molecule has 0 aliphatic rings. The van der Waals surface area contributed by atoms with Crippen LogP contribution in [0.4, 0.5) is 18.9 Å². The topological polar surface area (TPSA) is 104 Å². The molecular weight excluding hydrogens is 297 g/mol. The van der Waals surface area contributed by atoms with Crippen LogP contribution in [0.2, 0.25) is 0 Å². The van der Waals surface area contributed by atoms with Crippen LogP contribution in [0.25, 0.3) is 5.69 Å². The van der Waals surface area contributed by atoms with Crippen molar-refractivity contribution in [2.45, 2.75) is 11.1 Å². The van der Waals surface area contributed by atoms with Crippen LogP contribution in [0, 0.1) is 0 Å². The summed E-state index contributed by atoms with van der Waals surface area (Å²) in [6.45, 7) is 0. The molecule has 1 aromatic heterocycles. The predicted molar refractivity (Wildman–Crippen MR) is 64.4 cm³/mol. The summed E-state index contributed by atoms with van der Waals surface area (Å²) in [6, 6.07) is 4.34. The molecule has 1 aromatic carbocycles. The Bertz CT molecular complexity index is 752. The zero-order valence-electron chi connectivity index (χ0n) is 9.79. The molecule has 0 radical (unpaired) electrons. The van der Waals surface area contributed by atoms with Crippen LogP contribution in [0.1, 0.15) is 5.69 Å². The van der Waals surface area contributed by atoms with E-state index in [1.807, 2.05) is 0 Å². The zero-order valence-corrected chi connectivity index (χ0v) is 10.6. The smallest absolute Gasteiger partial charge is 0.399 e. The molecule has 10 heteroatoms. The van der Waals surface area contributed by atoms with Crippen molar-refractivity contribution in [3.8, 4) is 5.69 Å². The van der Waals surface area contributed by atoms with Crippen molar-refractivity contribution in [3.63, 3.8) is 0 Å². The van der Waals surface area contributed by atoms with Gasteiger partial charge in [0.15, 0.2) is 5.69 Å². The number of alkyl halides is 3. The Labute approximate surface area is 111 Å². The van der Waals surface area contributed by atoms with Gasteiger partial charge in [-0.25, -0.2) is 18.2 Å². The standard InChI is InChI=1S/C10H9F3N4O2S/c11-10(12,13)9-3-4-17(16-9)7-2-1-6(14)5-8(7)20(15,18)19/h1-5H,14H2,(H2,15,18,19). The fraction of sp³-hybridized carbons (Fsp3) is 0.100. The maximum absolute atomic E-state index is 12.5. The SMILES string of the molecule is Nc1ccc(-n2ccc(C(F)(F)F)n2)c(S(N)(=O)=O)c1. The monoisotopic (exact) mass is 306 g/mol. The number of benzene rings is 1. The first-order valence-corrected chi connectivity index (χ1v) is 6.69. The summed E-state index contributed by atoms with van der Waals surface area (Å²) in [5, 5.41) is 8.30. The maximum Gasteiger partial charge on any atom is 0.435 e. The fourth-order valence-electron chi connectivity index (χ4n) is 1.56. The number of nitrogens with zero attached hydrogens (tertiary/aromatic N) is 2. The highest BCUT2D eigenvalue weighted by molar-refractivity contribution is 7.89. The molecule has 0 unspecified atom stereocenters. The van der Waals surface area contributed by atoms with Crippen molar-refractivity contribution in [1.29, 1.82) is 0 Å². The summed E-state index contributed by atoms with van der Waals surface area (Å²) in [5.74, 6) is 0. The average molecular weight is 306 g/mol. The lowest BCUT2D eigenvalue weighted by Gasteiger charge is -2.09. The van der Waals surface area contributed by atoms with Crippen LogP contribution >= 0.6 is 0 Å². The van der Waals surface area contributed by atoms with Gasteiger partial charge >= 0.3 is 6.18 Å².